The Morgan fingerprint density at radius 2 is 1.31 bits per heavy atom. The fraction of sp³-hybridized carbons (Fsp3) is 0.438. The van der Waals surface area contributed by atoms with E-state index in [1.165, 1.54) is 35.1 Å². The minimum absolute atomic E-state index is 0.176. The molecule has 1 aliphatic carbocycles. The molecule has 5 rings (SSSR count). The molecule has 36 heavy (non-hydrogen) atoms. The van der Waals surface area contributed by atoms with Crippen LogP contribution in [-0.2, 0) is 15.5 Å². The Hall–Kier alpha value is -2.56. The molecule has 0 fully saturated rings. The molecule has 4 heteroatoms. The second kappa shape index (κ2) is 8.23. The number of rotatable bonds is 5. The van der Waals surface area contributed by atoms with Crippen LogP contribution >= 0.6 is 0 Å². The molecular weight excluding hydrogens is 443 g/mol. The van der Waals surface area contributed by atoms with Crippen molar-refractivity contribution in [3.8, 4) is 11.1 Å². The normalized spacial score (nSPS) is 17.4. The molecule has 4 aromatic rings. The van der Waals surface area contributed by atoms with Gasteiger partial charge in [0.25, 0.3) is 0 Å². The van der Waals surface area contributed by atoms with E-state index < -0.39 is 11.2 Å². The van der Waals surface area contributed by atoms with E-state index >= 15 is 0 Å². The van der Waals surface area contributed by atoms with Crippen molar-refractivity contribution in [3.63, 3.8) is 0 Å². The number of fused-ring (bicyclic) bond motifs is 4. The molecule has 1 N–H and O–H groups in total. The van der Waals surface area contributed by atoms with Gasteiger partial charge in [0.05, 0.1) is 11.2 Å². The van der Waals surface area contributed by atoms with Gasteiger partial charge in [-0.3, -0.25) is 0 Å². The van der Waals surface area contributed by atoms with Crippen molar-refractivity contribution in [2.24, 2.45) is 0 Å². The van der Waals surface area contributed by atoms with Crippen molar-refractivity contribution in [1.29, 1.82) is 0 Å². The smallest absolute Gasteiger partial charge is 0.330 e. The minimum atomic E-state index is -0.969. The fourth-order valence-electron chi connectivity index (χ4n) is 5.18. The van der Waals surface area contributed by atoms with Gasteiger partial charge in [-0.25, -0.2) is 0 Å². The van der Waals surface area contributed by atoms with Gasteiger partial charge in [0.1, 0.15) is 11.2 Å². The maximum Gasteiger partial charge on any atom is 0.330 e. The molecular formula is C32H38BO3. The lowest BCUT2D eigenvalue weighted by atomic mass is 9.63. The maximum absolute atomic E-state index is 10.4. The van der Waals surface area contributed by atoms with Gasteiger partial charge >= 0.3 is 7.48 Å². The summed E-state index contributed by atoms with van der Waals surface area (Å²) in [5, 5.41) is 12.6. The fourth-order valence-corrected chi connectivity index (χ4v) is 5.18. The van der Waals surface area contributed by atoms with Gasteiger partial charge in [-0.15, -0.1) is 0 Å². The lowest BCUT2D eigenvalue weighted by Crippen LogP contribution is -2.49. The van der Waals surface area contributed by atoms with E-state index in [1.54, 1.807) is 21.3 Å². The van der Waals surface area contributed by atoms with Crippen LogP contribution in [-0.4, -0.2) is 23.8 Å². The zero-order chi connectivity index (χ0) is 26.1. The van der Waals surface area contributed by atoms with Crippen molar-refractivity contribution in [2.75, 3.05) is 0 Å². The summed E-state index contributed by atoms with van der Waals surface area (Å²) in [6.07, 6.45) is 2.42. The van der Waals surface area contributed by atoms with Crippen LogP contribution < -0.4 is 5.46 Å². The van der Waals surface area contributed by atoms with Crippen LogP contribution in [0.2, 0.25) is 0 Å². The van der Waals surface area contributed by atoms with Crippen LogP contribution in [0.25, 0.3) is 33.1 Å². The summed E-state index contributed by atoms with van der Waals surface area (Å²) in [4.78, 5) is 0. The molecule has 0 atom stereocenters. The van der Waals surface area contributed by atoms with Crippen LogP contribution in [0, 0.1) is 0 Å². The van der Waals surface area contributed by atoms with Gasteiger partial charge < -0.3 is 14.2 Å². The maximum atomic E-state index is 10.4. The third kappa shape index (κ3) is 4.29. The van der Waals surface area contributed by atoms with Gasteiger partial charge in [0.2, 0.25) is 0 Å². The molecule has 0 unspecified atom stereocenters. The van der Waals surface area contributed by atoms with Gasteiger partial charge in [-0.2, -0.15) is 0 Å². The number of hydrogen-bond acceptors (Lipinski definition) is 3. The van der Waals surface area contributed by atoms with Crippen molar-refractivity contribution in [3.05, 3.63) is 65.7 Å². The number of aliphatic hydroxyl groups is 1. The van der Waals surface area contributed by atoms with E-state index in [0.29, 0.717) is 0 Å². The highest BCUT2D eigenvalue weighted by Crippen LogP contribution is 2.47. The van der Waals surface area contributed by atoms with E-state index in [4.69, 9.17) is 9.07 Å². The summed E-state index contributed by atoms with van der Waals surface area (Å²) >= 11 is 0. The molecule has 3 aromatic carbocycles. The molecule has 0 bridgehead atoms. The number of furan rings is 1. The Morgan fingerprint density at radius 1 is 0.750 bits per heavy atom. The zero-order valence-electron chi connectivity index (χ0n) is 23.0. The van der Waals surface area contributed by atoms with Crippen LogP contribution in [0.4, 0.5) is 0 Å². The van der Waals surface area contributed by atoms with Gasteiger partial charge in [-0.05, 0) is 91.8 Å². The molecule has 0 spiro atoms. The average molecular weight is 481 g/mol. The van der Waals surface area contributed by atoms with Crippen LogP contribution in [0.15, 0.2) is 59.0 Å². The Kier molecular flexibility index (Phi) is 5.74. The highest BCUT2D eigenvalue weighted by molar-refractivity contribution is 6.47. The summed E-state index contributed by atoms with van der Waals surface area (Å²) in [6, 6.07) is 19.6. The van der Waals surface area contributed by atoms with Crippen LogP contribution in [0.1, 0.15) is 79.4 Å². The molecule has 1 aromatic heterocycles. The standard InChI is InChI=1S/C32H38BO3/c1-29(2)15-16-30(3,4)26-18-21(9-12-25(26)29)20-10-13-27-23(17-20)24-19-22(11-14-28(24)35-27)33-36-32(7,8)31(5,6)34/h9-14,17-19,34H,15-16H2,1-8H3. The van der Waals surface area contributed by atoms with Gasteiger partial charge in [0, 0.05) is 10.8 Å². The molecule has 1 radical (unpaired) electrons. The summed E-state index contributed by atoms with van der Waals surface area (Å²) < 4.78 is 12.1. The molecule has 0 aliphatic heterocycles. The second-order valence-electron chi connectivity index (χ2n) is 12.9. The molecule has 3 nitrogen and oxygen atoms in total. The first-order valence-electron chi connectivity index (χ1n) is 13.0. The van der Waals surface area contributed by atoms with Crippen molar-refractivity contribution in [1.82, 2.24) is 0 Å². The van der Waals surface area contributed by atoms with Crippen LogP contribution in [0.5, 0.6) is 0 Å². The van der Waals surface area contributed by atoms with E-state index in [2.05, 4.69) is 70.2 Å². The second-order valence-corrected chi connectivity index (χ2v) is 12.9. The minimum Gasteiger partial charge on any atom is -0.456 e. The highest BCUT2D eigenvalue weighted by Gasteiger charge is 2.37. The zero-order valence-corrected chi connectivity index (χ0v) is 23.0. The number of hydrogen-bond donors (Lipinski definition) is 1. The Balaban J connectivity index is 1.54. The van der Waals surface area contributed by atoms with Crippen molar-refractivity contribution in [2.45, 2.75) is 90.3 Å². The third-order valence-corrected chi connectivity index (χ3v) is 8.64. The molecule has 187 valence electrons. The summed E-state index contributed by atoms with van der Waals surface area (Å²) in [5.41, 5.74) is 6.75. The summed E-state index contributed by atoms with van der Waals surface area (Å²) in [7, 11) is 1.73. The monoisotopic (exact) mass is 481 g/mol. The lowest BCUT2D eigenvalue weighted by Gasteiger charge is -2.42. The van der Waals surface area contributed by atoms with Gasteiger partial charge in [-0.1, -0.05) is 69.6 Å². The predicted molar refractivity (Wildman–Crippen MR) is 151 cm³/mol. The SMILES string of the molecule is CC1(C)CCC(C)(C)c2cc(-c3ccc4oc5ccc([B]OC(C)(C)C(C)(C)O)cc5c4c3)ccc21. The Labute approximate surface area is 216 Å². The Morgan fingerprint density at radius 3 is 1.97 bits per heavy atom. The first-order chi connectivity index (χ1) is 16.7. The quantitative estimate of drug-likeness (QED) is 0.302. The van der Waals surface area contributed by atoms with Gasteiger partial charge in [0.15, 0.2) is 0 Å². The Bertz CT molecular complexity index is 1450. The third-order valence-electron chi connectivity index (χ3n) is 8.64. The van der Waals surface area contributed by atoms with E-state index in [0.717, 1.165) is 27.4 Å². The molecule has 0 saturated carbocycles. The highest BCUT2D eigenvalue weighted by atomic mass is 16.5. The molecule has 0 amide bonds. The van der Waals surface area contributed by atoms with Crippen molar-refractivity contribution >= 4 is 34.9 Å². The largest absolute Gasteiger partial charge is 0.456 e. The summed E-state index contributed by atoms with van der Waals surface area (Å²) in [5.74, 6) is 0. The molecule has 1 aliphatic rings. The first-order valence-corrected chi connectivity index (χ1v) is 13.0. The predicted octanol–water partition coefficient (Wildman–Crippen LogP) is 7.41. The lowest BCUT2D eigenvalue weighted by molar-refractivity contribution is -0.0893. The number of benzene rings is 3. The molecule has 1 heterocycles. The van der Waals surface area contributed by atoms with E-state index in [-0.39, 0.29) is 10.8 Å². The first kappa shape index (κ1) is 25.1. The molecule has 0 saturated heterocycles. The topological polar surface area (TPSA) is 42.6 Å². The van der Waals surface area contributed by atoms with E-state index in [1.807, 2.05) is 26.0 Å². The van der Waals surface area contributed by atoms with Crippen LogP contribution in [0.3, 0.4) is 0 Å². The van der Waals surface area contributed by atoms with E-state index in [9.17, 15) is 5.11 Å². The van der Waals surface area contributed by atoms with Crippen molar-refractivity contribution < 1.29 is 14.2 Å². The summed E-state index contributed by atoms with van der Waals surface area (Å²) in [6.45, 7) is 16.8. The average Bonchev–Trinajstić information content (AvgIpc) is 3.17.